The van der Waals surface area contributed by atoms with Crippen molar-refractivity contribution in [2.24, 2.45) is 7.05 Å². The number of carbonyl (C=O) groups excluding carboxylic acids is 2. The average molecular weight is 592 g/mol. The summed E-state index contributed by atoms with van der Waals surface area (Å²) in [4.78, 5) is 29.4. The highest BCUT2D eigenvalue weighted by Gasteiger charge is 2.31. The number of hydrogen-bond donors (Lipinski definition) is 1. The van der Waals surface area contributed by atoms with E-state index in [-0.39, 0.29) is 11.8 Å². The zero-order valence-electron chi connectivity index (χ0n) is 25.8. The molecule has 1 saturated carbocycles. The molecule has 8 heteroatoms. The number of benzene rings is 2. The van der Waals surface area contributed by atoms with Crippen molar-refractivity contribution in [2.75, 3.05) is 26.3 Å². The highest BCUT2D eigenvalue weighted by atomic mass is 16.5. The van der Waals surface area contributed by atoms with E-state index in [1.165, 1.54) is 42.3 Å². The van der Waals surface area contributed by atoms with E-state index in [1.807, 2.05) is 41.8 Å². The summed E-state index contributed by atoms with van der Waals surface area (Å²) < 4.78 is 9.68. The second-order valence-electron chi connectivity index (χ2n) is 12.5. The summed E-state index contributed by atoms with van der Waals surface area (Å²) in [5.74, 6) is 0.372. The molecule has 2 fully saturated rings. The first-order valence-corrected chi connectivity index (χ1v) is 16.1. The molecule has 44 heavy (non-hydrogen) atoms. The van der Waals surface area contributed by atoms with Gasteiger partial charge in [0.15, 0.2) is 0 Å². The highest BCUT2D eigenvalue weighted by Crippen LogP contribution is 2.46. The maximum atomic E-state index is 14.0. The SMILES string of the molecule is Cc1cc(CNC(=O)c2ccc3c(C4CCCCCC4)c4n(c3c2)CC(C(=O)N2CCOCC2)=Cc2ccccc2-4)nn1C. The minimum absolute atomic E-state index is 0.0633. The Balaban J connectivity index is 1.34. The number of aryl methyl sites for hydroxylation is 2. The van der Waals surface area contributed by atoms with Gasteiger partial charge in [-0.2, -0.15) is 5.10 Å². The van der Waals surface area contributed by atoms with Crippen molar-refractivity contribution in [3.05, 3.63) is 82.2 Å². The summed E-state index contributed by atoms with van der Waals surface area (Å²) in [5.41, 5.74) is 9.08. The maximum absolute atomic E-state index is 14.0. The molecule has 0 unspecified atom stereocenters. The van der Waals surface area contributed by atoms with Crippen LogP contribution in [0, 0.1) is 6.92 Å². The fourth-order valence-corrected chi connectivity index (χ4v) is 7.29. The molecule has 0 radical (unpaired) electrons. The van der Waals surface area contributed by atoms with E-state index in [4.69, 9.17) is 4.74 Å². The third-order valence-corrected chi connectivity index (χ3v) is 9.67. The highest BCUT2D eigenvalue weighted by molar-refractivity contribution is 6.04. The van der Waals surface area contributed by atoms with E-state index in [0.29, 0.717) is 50.9 Å². The number of nitrogens with one attached hydrogen (secondary N) is 1. The molecule has 0 spiro atoms. The molecule has 8 nitrogen and oxygen atoms in total. The van der Waals surface area contributed by atoms with Gasteiger partial charge in [0.2, 0.25) is 0 Å². The van der Waals surface area contributed by atoms with Gasteiger partial charge in [0.05, 0.1) is 37.7 Å². The molecule has 1 aliphatic carbocycles. The van der Waals surface area contributed by atoms with Crippen LogP contribution in [0.15, 0.2) is 54.1 Å². The monoisotopic (exact) mass is 591 g/mol. The van der Waals surface area contributed by atoms with E-state index in [2.05, 4.69) is 51.4 Å². The van der Waals surface area contributed by atoms with Gasteiger partial charge in [-0.25, -0.2) is 0 Å². The van der Waals surface area contributed by atoms with Crippen molar-refractivity contribution in [2.45, 2.75) is 64.5 Å². The smallest absolute Gasteiger partial charge is 0.251 e. The number of nitrogens with zero attached hydrogens (tertiary/aromatic N) is 4. The number of hydrogen-bond acceptors (Lipinski definition) is 4. The summed E-state index contributed by atoms with van der Waals surface area (Å²) in [6, 6.07) is 16.6. The van der Waals surface area contributed by atoms with Gasteiger partial charge >= 0.3 is 0 Å². The summed E-state index contributed by atoms with van der Waals surface area (Å²) in [6.07, 6.45) is 9.42. The molecule has 2 aromatic heterocycles. The van der Waals surface area contributed by atoms with Crippen LogP contribution in [0.3, 0.4) is 0 Å². The number of morpholine rings is 1. The first-order valence-electron chi connectivity index (χ1n) is 16.1. The van der Waals surface area contributed by atoms with Gasteiger partial charge in [-0.3, -0.25) is 14.3 Å². The lowest BCUT2D eigenvalue weighted by atomic mass is 9.87. The lowest BCUT2D eigenvalue weighted by Gasteiger charge is -2.28. The molecule has 0 atom stereocenters. The van der Waals surface area contributed by atoms with Crippen LogP contribution in [0.1, 0.15) is 77.3 Å². The number of fused-ring (bicyclic) bond motifs is 5. The van der Waals surface area contributed by atoms with Gasteiger partial charge in [-0.1, -0.05) is 56.0 Å². The van der Waals surface area contributed by atoms with Crippen LogP contribution >= 0.6 is 0 Å². The fourth-order valence-electron chi connectivity index (χ4n) is 7.29. The zero-order chi connectivity index (χ0) is 30.2. The zero-order valence-corrected chi connectivity index (χ0v) is 25.8. The van der Waals surface area contributed by atoms with Crippen molar-refractivity contribution in [3.63, 3.8) is 0 Å². The van der Waals surface area contributed by atoms with E-state index in [9.17, 15) is 9.59 Å². The molecule has 2 aromatic carbocycles. The largest absolute Gasteiger partial charge is 0.378 e. The quantitative estimate of drug-likeness (QED) is 0.290. The number of amides is 2. The summed E-state index contributed by atoms with van der Waals surface area (Å²) in [7, 11) is 1.91. The Hall–Kier alpha value is -4.17. The molecule has 0 bridgehead atoms. The normalized spacial score (nSPS) is 17.4. The molecule has 1 N–H and O–H groups in total. The van der Waals surface area contributed by atoms with Gasteiger partial charge in [-0.15, -0.1) is 0 Å². The fraction of sp³-hybridized carbons (Fsp3) is 0.417. The van der Waals surface area contributed by atoms with Gasteiger partial charge in [0, 0.05) is 53.4 Å². The number of carbonyl (C=O) groups is 2. The van der Waals surface area contributed by atoms with Crippen molar-refractivity contribution in [1.82, 2.24) is 24.6 Å². The van der Waals surface area contributed by atoms with E-state index in [0.717, 1.165) is 46.4 Å². The molecule has 2 aliphatic heterocycles. The Morgan fingerprint density at radius 1 is 1.00 bits per heavy atom. The van der Waals surface area contributed by atoms with Crippen LogP contribution in [0.25, 0.3) is 28.2 Å². The van der Waals surface area contributed by atoms with Gasteiger partial charge in [0.1, 0.15) is 0 Å². The van der Waals surface area contributed by atoms with Crippen molar-refractivity contribution < 1.29 is 14.3 Å². The first-order chi connectivity index (χ1) is 21.5. The van der Waals surface area contributed by atoms with E-state index >= 15 is 0 Å². The second kappa shape index (κ2) is 12.1. The average Bonchev–Trinajstić information content (AvgIpc) is 3.31. The molecule has 2 amide bonds. The minimum atomic E-state index is -0.129. The number of rotatable bonds is 5. The number of aromatic nitrogens is 3. The topological polar surface area (TPSA) is 81.4 Å². The summed E-state index contributed by atoms with van der Waals surface area (Å²) in [5, 5.41) is 8.75. The molecule has 1 saturated heterocycles. The van der Waals surface area contributed by atoms with Crippen LogP contribution < -0.4 is 5.32 Å². The Morgan fingerprint density at radius 3 is 2.52 bits per heavy atom. The number of ether oxygens (including phenoxy) is 1. The second-order valence-corrected chi connectivity index (χ2v) is 12.5. The van der Waals surface area contributed by atoms with Gasteiger partial charge < -0.3 is 19.5 Å². The Kier molecular flexibility index (Phi) is 7.85. The first kappa shape index (κ1) is 28.6. The lowest BCUT2D eigenvalue weighted by molar-refractivity contribution is -0.131. The Labute approximate surface area is 258 Å². The predicted octanol–water partition coefficient (Wildman–Crippen LogP) is 5.97. The van der Waals surface area contributed by atoms with Crippen molar-refractivity contribution in [3.8, 4) is 11.3 Å². The van der Waals surface area contributed by atoms with E-state index in [1.54, 1.807) is 0 Å². The lowest BCUT2D eigenvalue weighted by Crippen LogP contribution is -2.41. The molecule has 228 valence electrons. The predicted molar refractivity (Wildman–Crippen MR) is 172 cm³/mol. The van der Waals surface area contributed by atoms with Crippen LogP contribution in [-0.4, -0.2) is 57.4 Å². The molecular formula is C36H41N5O3. The Morgan fingerprint density at radius 2 is 1.77 bits per heavy atom. The Bertz CT molecular complexity index is 1730. The molecule has 3 aliphatic rings. The summed E-state index contributed by atoms with van der Waals surface area (Å²) >= 11 is 0. The minimum Gasteiger partial charge on any atom is -0.378 e. The van der Waals surface area contributed by atoms with Crippen LogP contribution in [0.5, 0.6) is 0 Å². The standard InChI is InChI=1S/C36H41N5O3/c1-24-19-29(38-39(24)2)22-37-35(42)27-13-14-31-32(21-27)41-23-28(36(43)40-15-17-44-18-16-40)20-26-11-7-8-12-30(26)34(41)33(31)25-9-5-3-4-6-10-25/h7-8,11-14,19-21,25H,3-6,9-10,15-18,22-23H2,1-2H3,(H,37,42). The van der Waals surface area contributed by atoms with Crippen LogP contribution in [-0.2, 0) is 29.7 Å². The van der Waals surface area contributed by atoms with Crippen LogP contribution in [0.2, 0.25) is 0 Å². The molecule has 7 rings (SSSR count). The molecule has 4 heterocycles. The van der Waals surface area contributed by atoms with Crippen LogP contribution in [0.4, 0.5) is 0 Å². The molecular weight excluding hydrogens is 550 g/mol. The maximum Gasteiger partial charge on any atom is 0.251 e. The molecule has 4 aromatic rings. The third kappa shape index (κ3) is 5.36. The van der Waals surface area contributed by atoms with Gasteiger partial charge in [0.25, 0.3) is 11.8 Å². The van der Waals surface area contributed by atoms with E-state index < -0.39 is 0 Å². The van der Waals surface area contributed by atoms with Crippen molar-refractivity contribution >= 4 is 28.8 Å². The van der Waals surface area contributed by atoms with Crippen molar-refractivity contribution in [1.29, 1.82) is 0 Å². The summed E-state index contributed by atoms with van der Waals surface area (Å²) in [6.45, 7) is 5.16. The van der Waals surface area contributed by atoms with Gasteiger partial charge in [-0.05, 0) is 61.1 Å². The third-order valence-electron chi connectivity index (χ3n) is 9.67.